The summed E-state index contributed by atoms with van der Waals surface area (Å²) >= 11 is 11.4. The van der Waals surface area contributed by atoms with Crippen molar-refractivity contribution < 1.29 is 4.79 Å². The van der Waals surface area contributed by atoms with E-state index in [2.05, 4.69) is 0 Å². The number of rotatable bonds is 6. The van der Waals surface area contributed by atoms with E-state index in [1.54, 1.807) is 6.07 Å². The molecule has 15 heavy (non-hydrogen) atoms. The second kappa shape index (κ2) is 6.70. The molecule has 0 bridgehead atoms. The maximum absolute atomic E-state index is 10.8. The van der Waals surface area contributed by atoms with Crippen molar-refractivity contribution in [1.29, 1.82) is 0 Å². The van der Waals surface area contributed by atoms with Crippen LogP contribution in [0.25, 0.3) is 0 Å². The van der Waals surface area contributed by atoms with Gasteiger partial charge in [-0.15, -0.1) is 23.2 Å². The molecule has 0 heterocycles. The SMILES string of the molecule is O=Cc1ccccc1N(CCCl)CCCl. The largest absolute Gasteiger partial charge is 0.369 e. The van der Waals surface area contributed by atoms with Gasteiger partial charge < -0.3 is 4.90 Å². The number of anilines is 1. The molecule has 1 rings (SSSR count). The first-order chi connectivity index (χ1) is 7.33. The van der Waals surface area contributed by atoms with Crippen molar-refractivity contribution in [3.63, 3.8) is 0 Å². The van der Waals surface area contributed by atoms with E-state index in [0.717, 1.165) is 12.0 Å². The van der Waals surface area contributed by atoms with Gasteiger partial charge in [0.05, 0.1) is 0 Å². The van der Waals surface area contributed by atoms with Gasteiger partial charge in [-0.05, 0) is 12.1 Å². The molecule has 0 aliphatic rings. The zero-order valence-corrected chi connectivity index (χ0v) is 9.84. The monoisotopic (exact) mass is 245 g/mol. The van der Waals surface area contributed by atoms with E-state index in [9.17, 15) is 4.79 Å². The number of alkyl halides is 2. The van der Waals surface area contributed by atoms with E-state index in [-0.39, 0.29) is 0 Å². The Kier molecular flexibility index (Phi) is 5.51. The lowest BCUT2D eigenvalue weighted by Gasteiger charge is -2.24. The minimum Gasteiger partial charge on any atom is -0.369 e. The molecular weight excluding hydrogens is 233 g/mol. The molecule has 82 valence electrons. The van der Waals surface area contributed by atoms with Crippen LogP contribution in [0.5, 0.6) is 0 Å². The second-order valence-electron chi connectivity index (χ2n) is 3.04. The fourth-order valence-corrected chi connectivity index (χ4v) is 1.84. The van der Waals surface area contributed by atoms with Crippen molar-refractivity contribution in [1.82, 2.24) is 0 Å². The summed E-state index contributed by atoms with van der Waals surface area (Å²) in [7, 11) is 0. The Bertz CT molecular complexity index is 311. The number of para-hydroxylation sites is 1. The first kappa shape index (κ1) is 12.3. The zero-order valence-electron chi connectivity index (χ0n) is 8.33. The fraction of sp³-hybridized carbons (Fsp3) is 0.364. The number of aldehydes is 1. The summed E-state index contributed by atoms with van der Waals surface area (Å²) in [5.74, 6) is 1.04. The predicted octanol–water partition coefficient (Wildman–Crippen LogP) is 2.78. The second-order valence-corrected chi connectivity index (χ2v) is 3.80. The lowest BCUT2D eigenvalue weighted by Crippen LogP contribution is -2.28. The zero-order chi connectivity index (χ0) is 11.1. The number of hydrogen-bond acceptors (Lipinski definition) is 2. The van der Waals surface area contributed by atoms with E-state index < -0.39 is 0 Å². The van der Waals surface area contributed by atoms with Crippen LogP contribution in [0.3, 0.4) is 0 Å². The Hall–Kier alpha value is -0.730. The molecule has 0 atom stereocenters. The molecule has 1 aromatic rings. The first-order valence-electron chi connectivity index (χ1n) is 4.74. The lowest BCUT2D eigenvalue weighted by atomic mass is 10.2. The number of benzene rings is 1. The first-order valence-corrected chi connectivity index (χ1v) is 5.81. The van der Waals surface area contributed by atoms with Gasteiger partial charge in [-0.3, -0.25) is 4.79 Å². The highest BCUT2D eigenvalue weighted by molar-refractivity contribution is 6.18. The normalized spacial score (nSPS) is 10.0. The van der Waals surface area contributed by atoms with Crippen molar-refractivity contribution in [2.75, 3.05) is 29.7 Å². The van der Waals surface area contributed by atoms with E-state index in [1.165, 1.54) is 0 Å². The smallest absolute Gasteiger partial charge is 0.152 e. The van der Waals surface area contributed by atoms with E-state index in [1.807, 2.05) is 23.1 Å². The lowest BCUT2D eigenvalue weighted by molar-refractivity contribution is 0.112. The third-order valence-electron chi connectivity index (χ3n) is 2.11. The van der Waals surface area contributed by atoms with Crippen LogP contribution in [0.15, 0.2) is 24.3 Å². The summed E-state index contributed by atoms with van der Waals surface area (Å²) in [6, 6.07) is 7.44. The van der Waals surface area contributed by atoms with Gasteiger partial charge in [0.1, 0.15) is 0 Å². The minimum atomic E-state index is 0.518. The highest BCUT2D eigenvalue weighted by Gasteiger charge is 2.08. The minimum absolute atomic E-state index is 0.518. The number of nitrogens with zero attached hydrogens (tertiary/aromatic N) is 1. The van der Waals surface area contributed by atoms with Gasteiger partial charge >= 0.3 is 0 Å². The molecule has 0 fully saturated rings. The Balaban J connectivity index is 2.92. The molecule has 0 saturated carbocycles. The maximum Gasteiger partial charge on any atom is 0.152 e. The van der Waals surface area contributed by atoms with Crippen molar-refractivity contribution in [3.05, 3.63) is 29.8 Å². The van der Waals surface area contributed by atoms with Crippen LogP contribution in [-0.4, -0.2) is 31.1 Å². The standard InChI is InChI=1S/C11H13Cl2NO/c12-5-7-14(8-6-13)11-4-2-1-3-10(11)9-15/h1-4,9H,5-8H2. The van der Waals surface area contributed by atoms with Crippen LogP contribution in [0.1, 0.15) is 10.4 Å². The molecule has 4 heteroatoms. The van der Waals surface area contributed by atoms with Crippen LogP contribution >= 0.6 is 23.2 Å². The molecule has 0 aliphatic heterocycles. The van der Waals surface area contributed by atoms with Gasteiger partial charge in [0.25, 0.3) is 0 Å². The van der Waals surface area contributed by atoms with E-state index in [4.69, 9.17) is 23.2 Å². The van der Waals surface area contributed by atoms with Gasteiger partial charge in [-0.1, -0.05) is 12.1 Å². The maximum atomic E-state index is 10.8. The topological polar surface area (TPSA) is 20.3 Å². The fourth-order valence-electron chi connectivity index (χ4n) is 1.43. The molecule has 0 amide bonds. The molecule has 0 N–H and O–H groups in total. The number of carbonyl (C=O) groups is 1. The molecule has 0 unspecified atom stereocenters. The van der Waals surface area contributed by atoms with Crippen molar-refractivity contribution in [2.24, 2.45) is 0 Å². The summed E-state index contributed by atoms with van der Waals surface area (Å²) in [6.07, 6.45) is 0.852. The molecular formula is C11H13Cl2NO. The molecule has 2 nitrogen and oxygen atoms in total. The van der Waals surface area contributed by atoms with Crippen LogP contribution in [0.2, 0.25) is 0 Å². The van der Waals surface area contributed by atoms with Gasteiger partial charge in [0.2, 0.25) is 0 Å². The Morgan fingerprint density at radius 2 is 1.73 bits per heavy atom. The quantitative estimate of drug-likeness (QED) is 0.568. The highest BCUT2D eigenvalue weighted by atomic mass is 35.5. The molecule has 0 saturated heterocycles. The van der Waals surface area contributed by atoms with Crippen LogP contribution < -0.4 is 4.90 Å². The van der Waals surface area contributed by atoms with E-state index >= 15 is 0 Å². The summed E-state index contributed by atoms with van der Waals surface area (Å²) in [6.45, 7) is 1.39. The van der Waals surface area contributed by atoms with Crippen LogP contribution in [0, 0.1) is 0 Å². The highest BCUT2D eigenvalue weighted by Crippen LogP contribution is 2.18. The number of carbonyl (C=O) groups excluding carboxylic acids is 1. The molecule has 0 spiro atoms. The van der Waals surface area contributed by atoms with Crippen molar-refractivity contribution in [2.45, 2.75) is 0 Å². The average molecular weight is 246 g/mol. The van der Waals surface area contributed by atoms with Crippen LogP contribution in [0.4, 0.5) is 5.69 Å². The molecule has 0 aliphatic carbocycles. The average Bonchev–Trinajstić information content (AvgIpc) is 2.29. The third-order valence-corrected chi connectivity index (χ3v) is 2.45. The number of hydrogen-bond donors (Lipinski definition) is 0. The summed E-state index contributed by atoms with van der Waals surface area (Å²) in [4.78, 5) is 12.9. The summed E-state index contributed by atoms with van der Waals surface area (Å²) in [5, 5.41) is 0. The Morgan fingerprint density at radius 3 is 2.27 bits per heavy atom. The van der Waals surface area contributed by atoms with Crippen molar-refractivity contribution >= 4 is 35.2 Å². The van der Waals surface area contributed by atoms with Gasteiger partial charge in [-0.25, -0.2) is 0 Å². The van der Waals surface area contributed by atoms with Gasteiger partial charge in [-0.2, -0.15) is 0 Å². The van der Waals surface area contributed by atoms with Gasteiger partial charge in [0.15, 0.2) is 6.29 Å². The van der Waals surface area contributed by atoms with E-state index in [0.29, 0.717) is 30.4 Å². The Labute approximate surface area is 99.8 Å². The summed E-state index contributed by atoms with van der Waals surface area (Å²) in [5.41, 5.74) is 1.57. The predicted molar refractivity (Wildman–Crippen MR) is 65.5 cm³/mol. The van der Waals surface area contributed by atoms with Gasteiger partial charge in [0, 0.05) is 36.1 Å². The van der Waals surface area contributed by atoms with Crippen LogP contribution in [-0.2, 0) is 0 Å². The molecule has 0 radical (unpaired) electrons. The number of halogens is 2. The van der Waals surface area contributed by atoms with Crippen molar-refractivity contribution in [3.8, 4) is 0 Å². The Morgan fingerprint density at radius 1 is 1.13 bits per heavy atom. The molecule has 1 aromatic carbocycles. The summed E-state index contributed by atoms with van der Waals surface area (Å²) < 4.78 is 0. The molecule has 0 aromatic heterocycles. The third kappa shape index (κ3) is 3.40.